The molecule has 152 valence electrons. The van der Waals surface area contributed by atoms with Crippen molar-refractivity contribution in [2.24, 2.45) is 28.6 Å². The molecule has 8 atom stereocenters. The second kappa shape index (κ2) is 7.14. The maximum atomic E-state index is 12.0. The number of imide groups is 1. The number of aliphatic hydroxyl groups is 3. The van der Waals surface area contributed by atoms with E-state index in [0.717, 1.165) is 5.57 Å². The van der Waals surface area contributed by atoms with Gasteiger partial charge in [-0.25, -0.2) is 0 Å². The number of rotatable bonds is 4. The van der Waals surface area contributed by atoms with Crippen molar-refractivity contribution in [3.63, 3.8) is 0 Å². The van der Waals surface area contributed by atoms with Crippen LogP contribution in [0, 0.1) is 28.6 Å². The number of carbonyl (C=O) groups is 2. The monoisotopic (exact) mass is 399 g/mol. The van der Waals surface area contributed by atoms with Crippen LogP contribution in [0.5, 0.6) is 0 Å². The number of nitrogens with one attached hydrogen (secondary N) is 1. The number of carbonyl (C=O) groups excluding carboxylic acids is 2. The smallest absolute Gasteiger partial charge is 0.232 e. The van der Waals surface area contributed by atoms with E-state index in [-0.39, 0.29) is 42.6 Å². The van der Waals surface area contributed by atoms with Gasteiger partial charge in [-0.2, -0.15) is 0 Å². The van der Waals surface area contributed by atoms with E-state index in [1.165, 1.54) is 0 Å². The highest BCUT2D eigenvalue weighted by molar-refractivity contribution is 6.20. The lowest BCUT2D eigenvalue weighted by molar-refractivity contribution is -0.147. The first-order valence-electron chi connectivity index (χ1n) is 9.64. The molecule has 3 fully saturated rings. The highest BCUT2D eigenvalue weighted by Crippen LogP contribution is 2.62. The van der Waals surface area contributed by atoms with Crippen molar-refractivity contribution < 1.29 is 24.9 Å². The van der Waals surface area contributed by atoms with Crippen LogP contribution in [-0.2, 0) is 9.59 Å². The van der Waals surface area contributed by atoms with Gasteiger partial charge in [0.05, 0.1) is 18.1 Å². The van der Waals surface area contributed by atoms with Crippen molar-refractivity contribution in [2.45, 2.75) is 63.5 Å². The number of halogens is 1. The van der Waals surface area contributed by atoms with Gasteiger partial charge in [0, 0.05) is 18.4 Å². The first-order valence-corrected chi connectivity index (χ1v) is 10.1. The Labute approximate surface area is 165 Å². The van der Waals surface area contributed by atoms with E-state index in [1.807, 2.05) is 13.8 Å². The number of hydrogen-bond acceptors (Lipinski definition) is 5. The molecular weight excluding hydrogens is 370 g/mol. The van der Waals surface area contributed by atoms with E-state index in [4.69, 9.17) is 11.6 Å². The molecule has 4 N–H and O–H groups in total. The Morgan fingerprint density at radius 3 is 2.52 bits per heavy atom. The minimum atomic E-state index is -0.970. The Morgan fingerprint density at radius 1 is 1.30 bits per heavy atom. The molecule has 0 radical (unpaired) electrons. The van der Waals surface area contributed by atoms with Crippen molar-refractivity contribution in [1.82, 2.24) is 5.32 Å². The van der Waals surface area contributed by atoms with E-state index in [1.54, 1.807) is 0 Å². The number of aliphatic hydroxyl groups excluding tert-OH is 3. The number of fused-ring (bicyclic) bond motifs is 1. The van der Waals surface area contributed by atoms with Crippen LogP contribution in [0.2, 0.25) is 0 Å². The standard InChI is InChI=1S/C20H30ClNO5/c1-10-4-15(25)17-19(2,9-23)7-11(21)8-20(17,3)13(10)6-14(24)12-5-16(26)22-18(12)27/h11-15,17,23-25H,1,4-9H2,2-3H3,(H,22,26,27)/t11-,12+,13-,14-,15+,17-,19-,20+/m0/s1. The van der Waals surface area contributed by atoms with Gasteiger partial charge in [0.15, 0.2) is 0 Å². The molecule has 0 aromatic heterocycles. The summed E-state index contributed by atoms with van der Waals surface area (Å²) < 4.78 is 0. The first-order chi connectivity index (χ1) is 12.5. The van der Waals surface area contributed by atoms with Gasteiger partial charge in [-0.1, -0.05) is 26.0 Å². The third-order valence-electron chi connectivity index (χ3n) is 7.26. The Morgan fingerprint density at radius 2 is 1.96 bits per heavy atom. The summed E-state index contributed by atoms with van der Waals surface area (Å²) in [6, 6.07) is 0. The quantitative estimate of drug-likeness (QED) is 0.324. The van der Waals surface area contributed by atoms with Crippen LogP contribution < -0.4 is 5.32 Å². The molecule has 0 aromatic carbocycles. The van der Waals surface area contributed by atoms with Crippen LogP contribution in [0.3, 0.4) is 0 Å². The zero-order valence-electron chi connectivity index (χ0n) is 15.9. The Balaban J connectivity index is 1.90. The lowest BCUT2D eigenvalue weighted by Crippen LogP contribution is -2.60. The van der Waals surface area contributed by atoms with Gasteiger partial charge in [0.2, 0.25) is 11.8 Å². The molecule has 7 heteroatoms. The van der Waals surface area contributed by atoms with Crippen LogP contribution in [-0.4, -0.2) is 51.3 Å². The highest BCUT2D eigenvalue weighted by atomic mass is 35.5. The molecule has 0 aromatic rings. The van der Waals surface area contributed by atoms with Crippen molar-refractivity contribution in [3.05, 3.63) is 12.2 Å². The summed E-state index contributed by atoms with van der Waals surface area (Å²) in [7, 11) is 0. The summed E-state index contributed by atoms with van der Waals surface area (Å²) in [5.74, 6) is -1.89. The molecule has 0 spiro atoms. The summed E-state index contributed by atoms with van der Waals surface area (Å²) in [6.45, 7) is 8.08. The van der Waals surface area contributed by atoms with Crippen LogP contribution in [0.4, 0.5) is 0 Å². The average molecular weight is 400 g/mol. The fraction of sp³-hybridized carbons (Fsp3) is 0.800. The fourth-order valence-corrected chi connectivity index (χ4v) is 6.94. The van der Waals surface area contributed by atoms with E-state index < -0.39 is 34.9 Å². The van der Waals surface area contributed by atoms with Crippen LogP contribution in [0.15, 0.2) is 12.2 Å². The molecule has 0 unspecified atom stereocenters. The van der Waals surface area contributed by atoms with Gasteiger partial charge in [0.1, 0.15) is 0 Å². The topological polar surface area (TPSA) is 107 Å². The molecule has 2 saturated carbocycles. The lowest BCUT2D eigenvalue weighted by Gasteiger charge is -2.61. The van der Waals surface area contributed by atoms with Crippen LogP contribution >= 0.6 is 11.6 Å². The van der Waals surface area contributed by atoms with Crippen LogP contribution in [0.1, 0.15) is 46.0 Å². The molecular formula is C20H30ClNO5. The summed E-state index contributed by atoms with van der Waals surface area (Å²) in [5.41, 5.74) is -0.156. The van der Waals surface area contributed by atoms with Gasteiger partial charge in [-0.15, -0.1) is 11.6 Å². The summed E-state index contributed by atoms with van der Waals surface area (Å²) >= 11 is 6.56. The summed E-state index contributed by atoms with van der Waals surface area (Å²) in [5, 5.41) is 33.7. The van der Waals surface area contributed by atoms with Crippen molar-refractivity contribution in [1.29, 1.82) is 0 Å². The summed E-state index contributed by atoms with van der Waals surface area (Å²) in [6.07, 6.45) is 0.330. The predicted octanol–water partition coefficient (Wildman–Crippen LogP) is 1.36. The fourth-order valence-electron chi connectivity index (χ4n) is 6.25. The average Bonchev–Trinajstić information content (AvgIpc) is 2.88. The van der Waals surface area contributed by atoms with Gasteiger partial charge < -0.3 is 15.3 Å². The normalized spacial score (nSPS) is 46.1. The van der Waals surface area contributed by atoms with E-state index in [9.17, 15) is 24.9 Å². The van der Waals surface area contributed by atoms with Crippen molar-refractivity contribution in [2.75, 3.05) is 6.61 Å². The third kappa shape index (κ3) is 3.46. The first kappa shape index (κ1) is 20.8. The second-order valence-corrected chi connectivity index (χ2v) is 9.93. The Bertz CT molecular complexity index is 654. The molecule has 6 nitrogen and oxygen atoms in total. The zero-order valence-corrected chi connectivity index (χ0v) is 16.7. The van der Waals surface area contributed by atoms with Gasteiger partial charge in [0.25, 0.3) is 0 Å². The van der Waals surface area contributed by atoms with Gasteiger partial charge >= 0.3 is 0 Å². The minimum absolute atomic E-state index is 0.00551. The number of hydrogen-bond donors (Lipinski definition) is 4. The molecule has 0 bridgehead atoms. The maximum Gasteiger partial charge on any atom is 0.232 e. The van der Waals surface area contributed by atoms with Crippen molar-refractivity contribution in [3.8, 4) is 0 Å². The molecule has 1 heterocycles. The van der Waals surface area contributed by atoms with Crippen LogP contribution in [0.25, 0.3) is 0 Å². The SMILES string of the molecule is C=C1C[C@@H](O)[C@H]2[C@](C)(CO)C[C@H](Cl)C[C@]2(C)[C@H]1C[C@H](O)[C@H]1CC(=O)NC1=O. The molecule has 2 aliphatic carbocycles. The van der Waals surface area contributed by atoms with E-state index in [2.05, 4.69) is 11.9 Å². The van der Waals surface area contributed by atoms with Gasteiger partial charge in [-0.3, -0.25) is 14.9 Å². The maximum absolute atomic E-state index is 12.0. The molecule has 1 aliphatic heterocycles. The highest BCUT2D eigenvalue weighted by Gasteiger charge is 2.60. The predicted molar refractivity (Wildman–Crippen MR) is 101 cm³/mol. The molecule has 27 heavy (non-hydrogen) atoms. The second-order valence-electron chi connectivity index (χ2n) is 9.31. The van der Waals surface area contributed by atoms with Crippen molar-refractivity contribution >= 4 is 23.4 Å². The molecule has 2 amide bonds. The largest absolute Gasteiger partial charge is 0.396 e. The molecule has 3 aliphatic rings. The van der Waals surface area contributed by atoms with Gasteiger partial charge in [-0.05, 0) is 48.3 Å². The Kier molecular flexibility index (Phi) is 5.49. The van der Waals surface area contributed by atoms with E-state index in [0.29, 0.717) is 19.3 Å². The number of amides is 2. The zero-order chi connectivity index (χ0) is 20.1. The molecule has 3 rings (SSSR count). The molecule has 1 saturated heterocycles. The number of alkyl halides is 1. The third-order valence-corrected chi connectivity index (χ3v) is 7.57. The van der Waals surface area contributed by atoms with E-state index >= 15 is 0 Å². The summed E-state index contributed by atoms with van der Waals surface area (Å²) in [4.78, 5) is 23.4. The minimum Gasteiger partial charge on any atom is -0.396 e. The Hall–Kier alpha value is -0.950. The lowest BCUT2D eigenvalue weighted by atomic mass is 9.45.